The van der Waals surface area contributed by atoms with Crippen molar-refractivity contribution in [3.63, 3.8) is 0 Å². The van der Waals surface area contributed by atoms with Gasteiger partial charge in [-0.25, -0.2) is 0 Å². The number of rotatable bonds is 9. The van der Waals surface area contributed by atoms with Gasteiger partial charge in [0.1, 0.15) is 12.2 Å². The molecule has 2 heterocycles. The molecule has 164 valence electrons. The quantitative estimate of drug-likeness (QED) is 0.380. The SMILES string of the molecule is COCOc1ccc2c3c1OC1C(OCCCCCO)C=C[C@H]4[C@@H](C2)N(C)CC[C@]314. The van der Waals surface area contributed by atoms with E-state index in [1.54, 1.807) is 7.11 Å². The van der Waals surface area contributed by atoms with Crippen molar-refractivity contribution in [1.29, 1.82) is 0 Å². The Kier molecular flexibility index (Phi) is 5.52. The Labute approximate surface area is 178 Å². The molecule has 0 saturated carbocycles. The highest BCUT2D eigenvalue weighted by atomic mass is 16.7. The standard InChI is InChI=1S/C24H33NO5/c1-25-11-10-24-17-7-9-20(28-13-5-3-4-12-26)23(24)30-22-19(29-15-27-2)8-6-16(21(22)24)14-18(17)25/h6-9,17-18,20,23,26H,3-5,10-15H2,1-2H3/t17-,18+,20?,23?,24-/m0/s1. The van der Waals surface area contributed by atoms with Crippen molar-refractivity contribution in [3.05, 3.63) is 35.4 Å². The summed E-state index contributed by atoms with van der Waals surface area (Å²) in [5.74, 6) is 2.11. The molecule has 6 heteroatoms. The zero-order valence-corrected chi connectivity index (χ0v) is 18.0. The van der Waals surface area contributed by atoms with E-state index >= 15 is 0 Å². The fraction of sp³-hybridized carbons (Fsp3) is 0.667. The summed E-state index contributed by atoms with van der Waals surface area (Å²) in [6.45, 7) is 2.22. The lowest BCUT2D eigenvalue weighted by Crippen LogP contribution is -2.65. The van der Waals surface area contributed by atoms with Gasteiger partial charge in [-0.2, -0.15) is 0 Å². The number of likely N-dealkylation sites (tertiary alicyclic amines) is 1. The minimum atomic E-state index is -0.0620. The van der Waals surface area contributed by atoms with Gasteiger partial charge >= 0.3 is 0 Å². The highest BCUT2D eigenvalue weighted by molar-refractivity contribution is 5.62. The molecule has 5 atom stereocenters. The minimum Gasteiger partial charge on any atom is -0.482 e. The lowest BCUT2D eigenvalue weighted by Gasteiger charge is -2.56. The Bertz CT molecular complexity index is 811. The molecule has 6 nitrogen and oxygen atoms in total. The number of ether oxygens (including phenoxy) is 4. The molecular weight excluding hydrogens is 382 g/mol. The van der Waals surface area contributed by atoms with Crippen LogP contribution < -0.4 is 9.47 Å². The minimum absolute atomic E-state index is 0.0251. The molecule has 1 fully saturated rings. The van der Waals surface area contributed by atoms with Gasteiger partial charge in [0.25, 0.3) is 0 Å². The van der Waals surface area contributed by atoms with E-state index in [-0.39, 0.29) is 31.0 Å². The molecule has 0 aromatic heterocycles. The third kappa shape index (κ3) is 3.00. The number of methoxy groups -OCH3 is 1. The van der Waals surface area contributed by atoms with Crippen LogP contribution in [0.2, 0.25) is 0 Å². The van der Waals surface area contributed by atoms with E-state index in [0.717, 1.165) is 50.1 Å². The summed E-state index contributed by atoms with van der Waals surface area (Å²) in [5.41, 5.74) is 2.70. The van der Waals surface area contributed by atoms with Crippen molar-refractivity contribution in [1.82, 2.24) is 4.90 Å². The summed E-state index contributed by atoms with van der Waals surface area (Å²) in [4.78, 5) is 2.52. The number of piperidine rings is 1. The Morgan fingerprint density at radius 1 is 1.23 bits per heavy atom. The summed E-state index contributed by atoms with van der Waals surface area (Å²) in [5, 5.41) is 9.01. The molecule has 0 amide bonds. The first kappa shape index (κ1) is 20.3. The van der Waals surface area contributed by atoms with Crippen molar-refractivity contribution in [2.75, 3.05) is 40.7 Å². The third-order valence-electron chi connectivity index (χ3n) is 7.56. The van der Waals surface area contributed by atoms with E-state index in [1.807, 2.05) is 6.07 Å². The maximum Gasteiger partial charge on any atom is 0.188 e. The van der Waals surface area contributed by atoms with Crippen molar-refractivity contribution >= 4 is 0 Å². The van der Waals surface area contributed by atoms with E-state index in [0.29, 0.717) is 18.6 Å². The second kappa shape index (κ2) is 8.15. The van der Waals surface area contributed by atoms with Gasteiger partial charge in [-0.1, -0.05) is 18.2 Å². The van der Waals surface area contributed by atoms with Crippen molar-refractivity contribution < 1.29 is 24.1 Å². The molecule has 2 aliphatic carbocycles. The van der Waals surface area contributed by atoms with Gasteiger partial charge in [0.2, 0.25) is 0 Å². The zero-order chi connectivity index (χ0) is 20.7. The molecule has 1 aromatic rings. The molecule has 4 aliphatic rings. The highest BCUT2D eigenvalue weighted by Gasteiger charge is 2.64. The van der Waals surface area contributed by atoms with Gasteiger partial charge in [-0.05, 0) is 57.3 Å². The Hall–Kier alpha value is -1.60. The highest BCUT2D eigenvalue weighted by Crippen LogP contribution is 2.62. The summed E-state index contributed by atoms with van der Waals surface area (Å²) in [6.07, 6.45) is 9.44. The number of likely N-dealkylation sites (N-methyl/N-ethyl adjacent to an activating group) is 1. The largest absolute Gasteiger partial charge is 0.482 e. The molecule has 1 N–H and O–H groups in total. The molecule has 0 radical (unpaired) electrons. The van der Waals surface area contributed by atoms with Gasteiger partial charge in [0.15, 0.2) is 18.3 Å². The third-order valence-corrected chi connectivity index (χ3v) is 7.56. The monoisotopic (exact) mass is 415 g/mol. The molecule has 1 saturated heterocycles. The number of hydrogen-bond donors (Lipinski definition) is 1. The van der Waals surface area contributed by atoms with E-state index < -0.39 is 0 Å². The predicted octanol–water partition coefficient (Wildman–Crippen LogP) is 2.66. The van der Waals surface area contributed by atoms with Crippen LogP contribution in [-0.2, 0) is 21.3 Å². The molecule has 5 rings (SSSR count). The second-order valence-electron chi connectivity index (χ2n) is 9.09. The van der Waals surface area contributed by atoms with Crippen molar-refractivity contribution in [3.8, 4) is 11.5 Å². The van der Waals surface area contributed by atoms with Gasteiger partial charge < -0.3 is 29.0 Å². The van der Waals surface area contributed by atoms with Crippen LogP contribution in [0, 0.1) is 5.92 Å². The van der Waals surface area contributed by atoms with E-state index in [4.69, 9.17) is 24.1 Å². The van der Waals surface area contributed by atoms with Gasteiger partial charge in [-0.3, -0.25) is 0 Å². The summed E-state index contributed by atoms with van der Waals surface area (Å²) < 4.78 is 24.1. The van der Waals surface area contributed by atoms with Crippen LogP contribution in [-0.4, -0.2) is 69.0 Å². The smallest absolute Gasteiger partial charge is 0.188 e. The number of aliphatic hydroxyl groups excluding tert-OH is 1. The maximum atomic E-state index is 9.01. The average Bonchev–Trinajstić information content (AvgIpc) is 3.11. The first-order valence-corrected chi connectivity index (χ1v) is 11.3. The van der Waals surface area contributed by atoms with Gasteiger partial charge in [0, 0.05) is 43.3 Å². The molecular formula is C24H33NO5. The number of aliphatic hydroxyl groups is 1. The number of benzene rings is 1. The first-order valence-electron chi connectivity index (χ1n) is 11.3. The van der Waals surface area contributed by atoms with Crippen LogP contribution in [0.3, 0.4) is 0 Å². The molecule has 2 bridgehead atoms. The predicted molar refractivity (Wildman–Crippen MR) is 113 cm³/mol. The topological polar surface area (TPSA) is 60.4 Å². The lowest BCUT2D eigenvalue weighted by atomic mass is 9.53. The van der Waals surface area contributed by atoms with Crippen LogP contribution >= 0.6 is 0 Å². The molecule has 2 aliphatic heterocycles. The fourth-order valence-electron chi connectivity index (χ4n) is 6.20. The van der Waals surface area contributed by atoms with Crippen LogP contribution in [0.15, 0.2) is 24.3 Å². The van der Waals surface area contributed by atoms with Crippen molar-refractivity contribution in [2.45, 2.75) is 55.8 Å². The number of unbranched alkanes of at least 4 members (excludes halogenated alkanes) is 2. The van der Waals surface area contributed by atoms with E-state index in [2.05, 4.69) is 30.2 Å². The fourth-order valence-corrected chi connectivity index (χ4v) is 6.20. The summed E-state index contributed by atoms with van der Waals surface area (Å²) in [6, 6.07) is 4.76. The maximum absolute atomic E-state index is 9.01. The Morgan fingerprint density at radius 2 is 2.13 bits per heavy atom. The van der Waals surface area contributed by atoms with Crippen LogP contribution in [0.25, 0.3) is 0 Å². The van der Waals surface area contributed by atoms with Crippen LogP contribution in [0.5, 0.6) is 11.5 Å². The Morgan fingerprint density at radius 3 is 2.97 bits per heavy atom. The second-order valence-corrected chi connectivity index (χ2v) is 9.09. The average molecular weight is 416 g/mol. The van der Waals surface area contributed by atoms with E-state index in [1.165, 1.54) is 11.1 Å². The van der Waals surface area contributed by atoms with Crippen molar-refractivity contribution in [2.24, 2.45) is 5.92 Å². The van der Waals surface area contributed by atoms with E-state index in [9.17, 15) is 0 Å². The van der Waals surface area contributed by atoms with Crippen LogP contribution in [0.1, 0.15) is 36.8 Å². The number of nitrogens with zero attached hydrogens (tertiary/aromatic N) is 1. The normalized spacial score (nSPS) is 33.3. The molecule has 30 heavy (non-hydrogen) atoms. The van der Waals surface area contributed by atoms with Gasteiger partial charge in [0.05, 0.1) is 0 Å². The van der Waals surface area contributed by atoms with Crippen LogP contribution in [0.4, 0.5) is 0 Å². The summed E-state index contributed by atoms with van der Waals surface area (Å²) >= 11 is 0. The number of hydrogen-bond acceptors (Lipinski definition) is 6. The molecule has 1 aromatic carbocycles. The molecule has 2 unspecified atom stereocenters. The lowest BCUT2D eigenvalue weighted by molar-refractivity contribution is -0.0715. The van der Waals surface area contributed by atoms with Gasteiger partial charge in [-0.15, -0.1) is 0 Å². The molecule has 1 spiro atoms. The summed E-state index contributed by atoms with van der Waals surface area (Å²) in [7, 11) is 3.89. The zero-order valence-electron chi connectivity index (χ0n) is 18.0. The first-order chi connectivity index (χ1) is 14.7. The Balaban J connectivity index is 1.50.